The number of aromatic nitrogens is 4. The molecule has 0 bridgehead atoms. The van der Waals surface area contributed by atoms with Gasteiger partial charge >= 0.3 is 5.97 Å². The molecule has 0 atom stereocenters. The van der Waals surface area contributed by atoms with Crippen molar-refractivity contribution in [1.29, 1.82) is 0 Å². The fourth-order valence-corrected chi connectivity index (χ4v) is 3.84. The third kappa shape index (κ3) is 5.41. The first-order valence-corrected chi connectivity index (χ1v) is 11.3. The molecule has 0 aliphatic heterocycles. The maximum atomic E-state index is 12.8. The van der Waals surface area contributed by atoms with E-state index < -0.39 is 5.97 Å². The zero-order valence-electron chi connectivity index (χ0n) is 19.5. The molecule has 0 saturated carbocycles. The molecule has 2 aromatic heterocycles. The monoisotopic (exact) mass is 492 g/mol. The second kappa shape index (κ2) is 9.34. The molecule has 0 radical (unpaired) electrons. The quantitative estimate of drug-likeness (QED) is 0.302. The minimum absolute atomic E-state index is 0.00150. The van der Waals surface area contributed by atoms with Crippen molar-refractivity contribution in [3.05, 3.63) is 64.8 Å². The van der Waals surface area contributed by atoms with Crippen LogP contribution in [0.3, 0.4) is 0 Å². The van der Waals surface area contributed by atoms with E-state index in [9.17, 15) is 9.59 Å². The number of nitrogens with zero attached hydrogens (tertiary/aromatic N) is 4. The standard InChI is InChI=1S/C25H25ClN6O3/c1-25(2,3)14-4-7-16(8-5-14)28-23-29-22(27)30-24(31-23)32-13-18(20(33)10-11-21(34)35)17-12-15(26)6-9-19(17)32/h4-9,12-13H,10-11H2,1-3H3,(H,34,35)(H3,27,28,29,30,31). The number of aliphatic carboxylic acids is 1. The van der Waals surface area contributed by atoms with Crippen molar-refractivity contribution in [2.45, 2.75) is 39.0 Å². The second-order valence-corrected chi connectivity index (χ2v) is 9.60. The van der Waals surface area contributed by atoms with Gasteiger partial charge < -0.3 is 16.2 Å². The molecule has 0 saturated heterocycles. The van der Waals surface area contributed by atoms with Crippen LogP contribution in [0.5, 0.6) is 0 Å². The third-order valence-corrected chi connectivity index (χ3v) is 5.73. The van der Waals surface area contributed by atoms with Gasteiger partial charge in [0.2, 0.25) is 17.8 Å². The molecule has 10 heteroatoms. The van der Waals surface area contributed by atoms with Gasteiger partial charge in [0.15, 0.2) is 5.78 Å². The Balaban J connectivity index is 1.72. The Morgan fingerprint density at radius 2 is 1.77 bits per heavy atom. The van der Waals surface area contributed by atoms with Crippen molar-refractivity contribution in [1.82, 2.24) is 19.5 Å². The zero-order chi connectivity index (χ0) is 25.3. The highest BCUT2D eigenvalue weighted by atomic mass is 35.5. The zero-order valence-corrected chi connectivity index (χ0v) is 20.3. The van der Waals surface area contributed by atoms with Crippen molar-refractivity contribution in [2.75, 3.05) is 11.1 Å². The van der Waals surface area contributed by atoms with Crippen LogP contribution in [-0.2, 0) is 10.2 Å². The molecular formula is C25H25ClN6O3. The number of rotatable bonds is 7. The van der Waals surface area contributed by atoms with E-state index >= 15 is 0 Å². The maximum Gasteiger partial charge on any atom is 0.303 e. The summed E-state index contributed by atoms with van der Waals surface area (Å²) in [6.45, 7) is 6.43. The maximum absolute atomic E-state index is 12.8. The van der Waals surface area contributed by atoms with Gasteiger partial charge in [-0.25, -0.2) is 0 Å². The molecule has 2 aromatic carbocycles. The highest BCUT2D eigenvalue weighted by Crippen LogP contribution is 2.29. The lowest BCUT2D eigenvalue weighted by Crippen LogP contribution is -2.11. The Hall–Kier alpha value is -3.98. The average Bonchev–Trinajstić information content (AvgIpc) is 3.15. The molecule has 9 nitrogen and oxygen atoms in total. The number of nitrogens with two attached hydrogens (primary N) is 1. The number of nitrogen functional groups attached to an aromatic ring is 1. The molecular weight excluding hydrogens is 468 g/mol. The van der Waals surface area contributed by atoms with E-state index in [4.69, 9.17) is 22.4 Å². The minimum Gasteiger partial charge on any atom is -0.481 e. The average molecular weight is 493 g/mol. The molecule has 4 rings (SSSR count). The molecule has 0 amide bonds. The van der Waals surface area contributed by atoms with Crippen molar-refractivity contribution in [2.24, 2.45) is 0 Å². The van der Waals surface area contributed by atoms with Gasteiger partial charge in [0, 0.05) is 34.3 Å². The largest absolute Gasteiger partial charge is 0.481 e. The number of hydrogen-bond donors (Lipinski definition) is 3. The number of carboxylic acid groups (broad SMARTS) is 1. The molecule has 180 valence electrons. The fourth-order valence-electron chi connectivity index (χ4n) is 3.67. The van der Waals surface area contributed by atoms with E-state index in [1.807, 2.05) is 24.3 Å². The Labute approximate surface area is 207 Å². The molecule has 4 aromatic rings. The van der Waals surface area contributed by atoms with Gasteiger partial charge in [0.05, 0.1) is 11.9 Å². The van der Waals surface area contributed by atoms with Gasteiger partial charge in [-0.2, -0.15) is 15.0 Å². The molecule has 0 aliphatic rings. The summed E-state index contributed by atoms with van der Waals surface area (Å²) in [5.74, 6) is -0.922. The van der Waals surface area contributed by atoms with Crippen LogP contribution in [0.1, 0.15) is 49.5 Å². The Morgan fingerprint density at radius 1 is 1.06 bits per heavy atom. The van der Waals surface area contributed by atoms with Crippen LogP contribution in [0.15, 0.2) is 48.7 Å². The van der Waals surface area contributed by atoms with Crippen molar-refractivity contribution in [3.8, 4) is 5.95 Å². The number of hydrogen-bond acceptors (Lipinski definition) is 7. The van der Waals surface area contributed by atoms with E-state index in [-0.39, 0.29) is 41.9 Å². The Morgan fingerprint density at radius 3 is 2.43 bits per heavy atom. The van der Waals surface area contributed by atoms with Crippen LogP contribution < -0.4 is 11.1 Å². The molecule has 2 heterocycles. The van der Waals surface area contributed by atoms with Crippen LogP contribution >= 0.6 is 11.6 Å². The van der Waals surface area contributed by atoms with Crippen LogP contribution in [0.2, 0.25) is 5.02 Å². The lowest BCUT2D eigenvalue weighted by Gasteiger charge is -2.19. The number of ketones is 1. The molecule has 4 N–H and O–H groups in total. The Kier molecular flexibility index (Phi) is 6.45. The number of carbonyl (C=O) groups excluding carboxylic acids is 1. The normalized spacial score (nSPS) is 11.5. The van der Waals surface area contributed by atoms with E-state index in [1.54, 1.807) is 29.0 Å². The molecule has 0 aliphatic carbocycles. The topological polar surface area (TPSA) is 136 Å². The summed E-state index contributed by atoms with van der Waals surface area (Å²) in [5, 5.41) is 13.1. The second-order valence-electron chi connectivity index (χ2n) is 9.16. The van der Waals surface area contributed by atoms with Crippen LogP contribution in [0.25, 0.3) is 16.9 Å². The lowest BCUT2D eigenvalue weighted by molar-refractivity contribution is -0.136. The third-order valence-electron chi connectivity index (χ3n) is 5.50. The number of halogens is 1. The summed E-state index contributed by atoms with van der Waals surface area (Å²) >= 11 is 6.17. The smallest absolute Gasteiger partial charge is 0.303 e. The van der Waals surface area contributed by atoms with Gasteiger partial charge in [-0.3, -0.25) is 14.2 Å². The molecule has 0 fully saturated rings. The molecule has 0 spiro atoms. The van der Waals surface area contributed by atoms with Crippen molar-refractivity contribution in [3.63, 3.8) is 0 Å². The van der Waals surface area contributed by atoms with Crippen molar-refractivity contribution < 1.29 is 14.7 Å². The van der Waals surface area contributed by atoms with Gasteiger partial charge in [-0.1, -0.05) is 44.5 Å². The van der Waals surface area contributed by atoms with Gasteiger partial charge in [-0.05, 0) is 41.3 Å². The number of anilines is 3. The SMILES string of the molecule is CC(C)(C)c1ccc(Nc2nc(N)nc(-n3cc(C(=O)CCC(=O)O)c4cc(Cl)ccc43)n2)cc1. The number of carboxylic acids is 1. The highest BCUT2D eigenvalue weighted by molar-refractivity contribution is 6.31. The number of nitrogens with one attached hydrogen (secondary N) is 1. The van der Waals surface area contributed by atoms with E-state index in [1.165, 1.54) is 5.56 Å². The number of Topliss-reactive ketones (excluding diaryl/α,β-unsaturated/α-hetero) is 1. The van der Waals surface area contributed by atoms with Crippen LogP contribution in [0.4, 0.5) is 17.6 Å². The predicted molar refractivity (Wildman–Crippen MR) is 136 cm³/mol. The van der Waals surface area contributed by atoms with Crippen molar-refractivity contribution >= 4 is 51.8 Å². The number of fused-ring (bicyclic) bond motifs is 1. The molecule has 35 heavy (non-hydrogen) atoms. The first kappa shape index (κ1) is 24.2. The highest BCUT2D eigenvalue weighted by Gasteiger charge is 2.19. The summed E-state index contributed by atoms with van der Waals surface area (Å²) in [7, 11) is 0. The van der Waals surface area contributed by atoms with E-state index in [0.717, 1.165) is 5.69 Å². The molecule has 0 unspecified atom stereocenters. The van der Waals surface area contributed by atoms with Crippen LogP contribution in [0, 0.1) is 0 Å². The predicted octanol–water partition coefficient (Wildman–Crippen LogP) is 5.14. The minimum atomic E-state index is -1.04. The van der Waals surface area contributed by atoms with E-state index in [2.05, 4.69) is 41.0 Å². The van der Waals surface area contributed by atoms with Gasteiger partial charge in [0.25, 0.3) is 0 Å². The Bertz CT molecular complexity index is 1420. The van der Waals surface area contributed by atoms with Crippen LogP contribution in [-0.4, -0.2) is 36.4 Å². The summed E-state index contributed by atoms with van der Waals surface area (Å²) in [6, 6.07) is 13.0. The summed E-state index contributed by atoms with van der Waals surface area (Å²) < 4.78 is 1.62. The lowest BCUT2D eigenvalue weighted by atomic mass is 9.87. The van der Waals surface area contributed by atoms with Gasteiger partial charge in [-0.15, -0.1) is 0 Å². The number of carbonyl (C=O) groups is 2. The first-order chi connectivity index (χ1) is 16.5. The fraction of sp³-hybridized carbons (Fsp3) is 0.240. The summed E-state index contributed by atoms with van der Waals surface area (Å²) in [4.78, 5) is 36.7. The first-order valence-electron chi connectivity index (χ1n) is 11.0. The summed E-state index contributed by atoms with van der Waals surface area (Å²) in [6.07, 6.45) is 1.16. The summed E-state index contributed by atoms with van der Waals surface area (Å²) in [5.41, 5.74) is 8.93. The van der Waals surface area contributed by atoms with E-state index in [0.29, 0.717) is 21.5 Å². The van der Waals surface area contributed by atoms with Gasteiger partial charge in [0.1, 0.15) is 0 Å². The number of benzene rings is 2.